The van der Waals surface area contributed by atoms with Crippen molar-refractivity contribution < 1.29 is 24.3 Å². The third kappa shape index (κ3) is 3.25. The van der Waals surface area contributed by atoms with Crippen molar-refractivity contribution >= 4 is 52.0 Å². The summed E-state index contributed by atoms with van der Waals surface area (Å²) in [5.74, 6) is -2.93. The molecule has 126 valence electrons. The number of carboxylic acids is 1. The SMILES string of the molecule is O=C(CN1C(=O)c2ccccc2C1=O)Nc1ccc(I)cc1C(=O)O. The molecule has 2 aromatic rings. The van der Waals surface area contributed by atoms with E-state index in [1.54, 1.807) is 18.2 Å². The van der Waals surface area contributed by atoms with E-state index in [2.05, 4.69) is 5.32 Å². The van der Waals surface area contributed by atoms with Crippen LogP contribution in [0.25, 0.3) is 0 Å². The molecule has 2 aromatic carbocycles. The van der Waals surface area contributed by atoms with Gasteiger partial charge in [0.15, 0.2) is 0 Å². The second-order valence-corrected chi connectivity index (χ2v) is 6.53. The molecular weight excluding hydrogens is 439 g/mol. The number of anilines is 1. The number of rotatable bonds is 4. The van der Waals surface area contributed by atoms with Gasteiger partial charge in [0, 0.05) is 3.57 Å². The number of aromatic carboxylic acids is 1. The summed E-state index contributed by atoms with van der Waals surface area (Å²) in [5.41, 5.74) is 0.540. The minimum atomic E-state index is -1.19. The Balaban J connectivity index is 1.78. The molecule has 1 aliphatic rings. The van der Waals surface area contributed by atoms with Gasteiger partial charge in [-0.2, -0.15) is 0 Å². The standard InChI is InChI=1S/C17H11IN2O5/c18-9-5-6-13(12(7-9)17(24)25)19-14(21)8-20-15(22)10-3-1-2-4-11(10)16(20)23/h1-7H,8H2,(H,19,21)(H,24,25). The van der Waals surface area contributed by atoms with Crippen LogP contribution in [-0.4, -0.2) is 40.2 Å². The molecule has 7 nitrogen and oxygen atoms in total. The van der Waals surface area contributed by atoms with E-state index in [4.69, 9.17) is 0 Å². The van der Waals surface area contributed by atoms with Gasteiger partial charge < -0.3 is 10.4 Å². The first-order chi connectivity index (χ1) is 11.9. The number of amides is 3. The minimum Gasteiger partial charge on any atom is -0.478 e. The van der Waals surface area contributed by atoms with Crippen molar-refractivity contribution in [3.8, 4) is 0 Å². The highest BCUT2D eigenvalue weighted by atomic mass is 127. The lowest BCUT2D eigenvalue weighted by atomic mass is 10.1. The predicted octanol–water partition coefficient (Wildman–Crippen LogP) is 2.22. The molecule has 0 spiro atoms. The largest absolute Gasteiger partial charge is 0.478 e. The quantitative estimate of drug-likeness (QED) is 0.550. The molecule has 3 rings (SSSR count). The topological polar surface area (TPSA) is 104 Å². The van der Waals surface area contributed by atoms with Crippen molar-refractivity contribution in [3.05, 3.63) is 62.7 Å². The van der Waals surface area contributed by atoms with Crippen LogP contribution in [0.3, 0.4) is 0 Å². The zero-order valence-corrected chi connectivity index (χ0v) is 14.8. The van der Waals surface area contributed by atoms with E-state index in [1.807, 2.05) is 22.6 Å². The summed E-state index contributed by atoms with van der Waals surface area (Å²) in [6, 6.07) is 10.8. The van der Waals surface area contributed by atoms with Crippen LogP contribution in [0.4, 0.5) is 5.69 Å². The molecule has 0 atom stereocenters. The number of carboxylic acid groups (broad SMARTS) is 1. The van der Waals surface area contributed by atoms with E-state index in [1.165, 1.54) is 24.3 Å². The Kier molecular flexibility index (Phi) is 4.53. The van der Waals surface area contributed by atoms with Crippen molar-refractivity contribution in [2.24, 2.45) is 0 Å². The van der Waals surface area contributed by atoms with Gasteiger partial charge in [-0.3, -0.25) is 19.3 Å². The summed E-state index contributed by atoms with van der Waals surface area (Å²) >= 11 is 1.96. The van der Waals surface area contributed by atoms with Crippen LogP contribution < -0.4 is 5.32 Å². The maximum absolute atomic E-state index is 12.2. The maximum Gasteiger partial charge on any atom is 0.337 e. The number of halogens is 1. The molecule has 0 aliphatic carbocycles. The van der Waals surface area contributed by atoms with Crippen molar-refractivity contribution in [2.75, 3.05) is 11.9 Å². The molecule has 0 saturated carbocycles. The molecular formula is C17H11IN2O5. The zero-order valence-electron chi connectivity index (χ0n) is 12.7. The fourth-order valence-corrected chi connectivity index (χ4v) is 3.01. The van der Waals surface area contributed by atoms with Crippen LogP contribution in [0.1, 0.15) is 31.1 Å². The number of hydrogen-bond donors (Lipinski definition) is 2. The fourth-order valence-electron chi connectivity index (χ4n) is 2.52. The van der Waals surface area contributed by atoms with Crippen LogP contribution in [-0.2, 0) is 4.79 Å². The van der Waals surface area contributed by atoms with Crippen molar-refractivity contribution in [3.63, 3.8) is 0 Å². The lowest BCUT2D eigenvalue weighted by Gasteiger charge is -2.14. The molecule has 0 bridgehead atoms. The van der Waals surface area contributed by atoms with Crippen molar-refractivity contribution in [1.82, 2.24) is 4.90 Å². The Bertz CT molecular complexity index is 890. The highest BCUT2D eigenvalue weighted by molar-refractivity contribution is 14.1. The van der Waals surface area contributed by atoms with E-state index in [9.17, 15) is 24.3 Å². The third-order valence-electron chi connectivity index (χ3n) is 3.67. The highest BCUT2D eigenvalue weighted by Crippen LogP contribution is 2.23. The van der Waals surface area contributed by atoms with Gasteiger partial charge in [0.1, 0.15) is 6.54 Å². The van der Waals surface area contributed by atoms with Gasteiger partial charge in [0.25, 0.3) is 11.8 Å². The molecule has 1 heterocycles. The normalized spacial score (nSPS) is 12.9. The molecule has 0 fully saturated rings. The van der Waals surface area contributed by atoms with Gasteiger partial charge in [-0.15, -0.1) is 0 Å². The molecule has 3 amide bonds. The third-order valence-corrected chi connectivity index (χ3v) is 4.34. The number of nitrogens with zero attached hydrogens (tertiary/aromatic N) is 1. The second kappa shape index (κ2) is 6.63. The maximum atomic E-state index is 12.2. The van der Waals surface area contributed by atoms with E-state index in [0.717, 1.165) is 4.90 Å². The molecule has 0 aromatic heterocycles. The van der Waals surface area contributed by atoms with Gasteiger partial charge in [-0.05, 0) is 52.9 Å². The summed E-state index contributed by atoms with van der Waals surface area (Å²) in [6.45, 7) is -0.489. The first-order valence-electron chi connectivity index (χ1n) is 7.16. The lowest BCUT2D eigenvalue weighted by Crippen LogP contribution is -2.37. The van der Waals surface area contributed by atoms with E-state index in [0.29, 0.717) is 3.57 Å². The Labute approximate surface area is 155 Å². The van der Waals surface area contributed by atoms with E-state index >= 15 is 0 Å². The molecule has 0 saturated heterocycles. The summed E-state index contributed by atoms with van der Waals surface area (Å²) < 4.78 is 0.702. The Morgan fingerprint density at radius 2 is 1.64 bits per heavy atom. The fraction of sp³-hybridized carbons (Fsp3) is 0.0588. The summed E-state index contributed by atoms with van der Waals surface area (Å²) in [7, 11) is 0. The summed E-state index contributed by atoms with van der Waals surface area (Å²) in [4.78, 5) is 48.8. The van der Waals surface area contributed by atoms with Gasteiger partial charge in [-0.1, -0.05) is 12.1 Å². The molecule has 25 heavy (non-hydrogen) atoms. The summed E-state index contributed by atoms with van der Waals surface area (Å²) in [6.07, 6.45) is 0. The minimum absolute atomic E-state index is 0.0670. The molecule has 0 unspecified atom stereocenters. The Morgan fingerprint density at radius 3 is 2.20 bits per heavy atom. The number of benzene rings is 2. The Hall–Kier alpha value is -2.75. The number of carbonyl (C=O) groups excluding carboxylic acids is 3. The molecule has 1 aliphatic heterocycles. The van der Waals surface area contributed by atoms with Crippen molar-refractivity contribution in [1.29, 1.82) is 0 Å². The number of imide groups is 1. The van der Waals surface area contributed by atoms with Crippen LogP contribution >= 0.6 is 22.6 Å². The molecule has 2 N–H and O–H groups in total. The lowest BCUT2D eigenvalue weighted by molar-refractivity contribution is -0.116. The monoisotopic (exact) mass is 450 g/mol. The first-order valence-corrected chi connectivity index (χ1v) is 8.24. The van der Waals surface area contributed by atoms with E-state index < -0.39 is 30.2 Å². The van der Waals surface area contributed by atoms with Gasteiger partial charge in [-0.25, -0.2) is 4.79 Å². The smallest absolute Gasteiger partial charge is 0.337 e. The summed E-state index contributed by atoms with van der Waals surface area (Å²) in [5, 5.41) is 11.7. The molecule has 8 heteroatoms. The number of hydrogen-bond acceptors (Lipinski definition) is 4. The average Bonchev–Trinajstić information content (AvgIpc) is 2.82. The van der Waals surface area contributed by atoms with Crippen LogP contribution in [0, 0.1) is 3.57 Å². The number of fused-ring (bicyclic) bond motifs is 1. The number of carbonyl (C=O) groups is 4. The number of nitrogens with one attached hydrogen (secondary N) is 1. The zero-order chi connectivity index (χ0) is 18.1. The second-order valence-electron chi connectivity index (χ2n) is 5.29. The van der Waals surface area contributed by atoms with Crippen molar-refractivity contribution in [2.45, 2.75) is 0 Å². The van der Waals surface area contributed by atoms with Crippen LogP contribution in [0.2, 0.25) is 0 Å². The Morgan fingerprint density at radius 1 is 1.04 bits per heavy atom. The van der Waals surface area contributed by atoms with Gasteiger partial charge in [0.2, 0.25) is 5.91 Å². The van der Waals surface area contributed by atoms with Gasteiger partial charge >= 0.3 is 5.97 Å². The first kappa shape index (κ1) is 17.1. The van der Waals surface area contributed by atoms with Crippen LogP contribution in [0.15, 0.2) is 42.5 Å². The van der Waals surface area contributed by atoms with E-state index in [-0.39, 0.29) is 22.4 Å². The molecule has 0 radical (unpaired) electrons. The highest BCUT2D eigenvalue weighted by Gasteiger charge is 2.36. The van der Waals surface area contributed by atoms with Crippen LogP contribution in [0.5, 0.6) is 0 Å². The predicted molar refractivity (Wildman–Crippen MR) is 96.6 cm³/mol. The van der Waals surface area contributed by atoms with Gasteiger partial charge in [0.05, 0.1) is 22.4 Å². The average molecular weight is 450 g/mol.